The van der Waals surface area contributed by atoms with Crippen molar-refractivity contribution in [2.24, 2.45) is 10.8 Å². The van der Waals surface area contributed by atoms with Crippen molar-refractivity contribution in [1.29, 1.82) is 0 Å². The summed E-state index contributed by atoms with van der Waals surface area (Å²) in [6.45, 7) is 1.59. The van der Waals surface area contributed by atoms with E-state index in [1.54, 1.807) is 13.8 Å². The molecule has 0 radical (unpaired) electrons. The van der Waals surface area contributed by atoms with Crippen molar-refractivity contribution in [2.45, 2.75) is 20.3 Å². The second-order valence-corrected chi connectivity index (χ2v) is 4.90. The normalized spacial score (nSPS) is 12.6. The van der Waals surface area contributed by atoms with Crippen LogP contribution in [0.2, 0.25) is 0 Å². The molecule has 0 aliphatic carbocycles. The van der Waals surface area contributed by atoms with Gasteiger partial charge >= 0.3 is 5.97 Å². The van der Waals surface area contributed by atoms with Crippen molar-refractivity contribution in [3.8, 4) is 0 Å². The molecule has 0 fully saturated rings. The van der Waals surface area contributed by atoms with Gasteiger partial charge in [0.25, 0.3) is 0 Å². The zero-order valence-corrected chi connectivity index (χ0v) is 10.3. The fourth-order valence-electron chi connectivity index (χ4n) is 1.01. The first-order valence-corrected chi connectivity index (χ1v) is 5.48. The van der Waals surface area contributed by atoms with E-state index in [1.807, 2.05) is 0 Å². The highest BCUT2D eigenvalue weighted by molar-refractivity contribution is 5.75. The lowest BCUT2D eigenvalue weighted by atomic mass is 9.87. The van der Waals surface area contributed by atoms with Crippen LogP contribution in [-0.4, -0.2) is 59.4 Å². The number of hydrogen-bond acceptors (Lipinski definition) is 6. The Labute approximate surface area is 101 Å². The van der Waals surface area contributed by atoms with Crippen molar-refractivity contribution in [1.82, 2.24) is 0 Å². The first-order valence-electron chi connectivity index (χ1n) is 5.48. The lowest BCUT2D eigenvalue weighted by molar-refractivity contribution is -0.157. The molecule has 0 aliphatic rings. The Kier molecular flexibility index (Phi) is 6.62. The summed E-state index contributed by atoms with van der Waals surface area (Å²) in [4.78, 5) is 11.5. The SMILES string of the molecule is CC(C)(CO)C(=O)OCCC(CO)(CO)CO. The second kappa shape index (κ2) is 6.90. The largest absolute Gasteiger partial charge is 0.465 e. The smallest absolute Gasteiger partial charge is 0.313 e. The Morgan fingerprint density at radius 2 is 1.47 bits per heavy atom. The zero-order chi connectivity index (χ0) is 13.5. The third-order valence-corrected chi connectivity index (χ3v) is 2.82. The van der Waals surface area contributed by atoms with Crippen LogP contribution < -0.4 is 0 Å². The summed E-state index contributed by atoms with van der Waals surface area (Å²) in [5.74, 6) is -0.553. The molecule has 17 heavy (non-hydrogen) atoms. The van der Waals surface area contributed by atoms with Crippen LogP contribution in [0.1, 0.15) is 20.3 Å². The molecule has 0 spiro atoms. The number of carbonyl (C=O) groups is 1. The summed E-state index contributed by atoms with van der Waals surface area (Å²) >= 11 is 0. The Morgan fingerprint density at radius 1 is 1.00 bits per heavy atom. The minimum Gasteiger partial charge on any atom is -0.465 e. The van der Waals surface area contributed by atoms with Crippen molar-refractivity contribution < 1.29 is 30.0 Å². The van der Waals surface area contributed by atoms with Crippen molar-refractivity contribution >= 4 is 5.97 Å². The number of aliphatic hydroxyl groups excluding tert-OH is 4. The van der Waals surface area contributed by atoms with Crippen molar-refractivity contribution in [3.63, 3.8) is 0 Å². The summed E-state index contributed by atoms with van der Waals surface area (Å²) in [6.07, 6.45) is 0.156. The van der Waals surface area contributed by atoms with Gasteiger partial charge in [0.1, 0.15) is 0 Å². The summed E-state index contributed by atoms with van der Waals surface area (Å²) in [5.41, 5.74) is -2.01. The van der Waals surface area contributed by atoms with Crippen LogP contribution in [-0.2, 0) is 9.53 Å². The molecule has 0 heterocycles. The number of ether oxygens (including phenoxy) is 1. The van der Waals surface area contributed by atoms with Gasteiger partial charge in [-0.2, -0.15) is 0 Å². The van der Waals surface area contributed by atoms with Gasteiger partial charge in [0, 0.05) is 5.41 Å². The van der Waals surface area contributed by atoms with Gasteiger partial charge in [-0.25, -0.2) is 0 Å². The second-order valence-electron chi connectivity index (χ2n) is 4.90. The molecule has 0 unspecified atom stereocenters. The van der Waals surface area contributed by atoms with Crippen LogP contribution in [0.4, 0.5) is 0 Å². The summed E-state index contributed by atoms with van der Waals surface area (Å²) in [5, 5.41) is 36.1. The van der Waals surface area contributed by atoms with E-state index in [9.17, 15) is 4.79 Å². The molecule has 0 aromatic rings. The quantitative estimate of drug-likeness (QED) is 0.407. The van der Waals surface area contributed by atoms with E-state index in [2.05, 4.69) is 0 Å². The molecule has 102 valence electrons. The number of rotatable bonds is 8. The number of hydrogen-bond donors (Lipinski definition) is 4. The van der Waals surface area contributed by atoms with Crippen molar-refractivity contribution in [2.75, 3.05) is 33.0 Å². The highest BCUT2D eigenvalue weighted by Gasteiger charge is 2.31. The van der Waals surface area contributed by atoms with Crippen LogP contribution in [0.3, 0.4) is 0 Å². The number of carbonyl (C=O) groups excluding carboxylic acids is 1. The Bertz CT molecular complexity index is 226. The van der Waals surface area contributed by atoms with Crippen LogP contribution >= 0.6 is 0 Å². The Hall–Kier alpha value is -0.690. The minimum atomic E-state index is -1.04. The highest BCUT2D eigenvalue weighted by Crippen LogP contribution is 2.21. The van der Waals surface area contributed by atoms with E-state index in [1.165, 1.54) is 0 Å². The molecule has 0 aromatic carbocycles. The van der Waals surface area contributed by atoms with Gasteiger partial charge in [-0.1, -0.05) is 0 Å². The summed E-state index contributed by atoms with van der Waals surface area (Å²) in [7, 11) is 0. The molecule has 0 amide bonds. The van der Waals surface area contributed by atoms with Crippen LogP contribution in [0, 0.1) is 10.8 Å². The lowest BCUT2D eigenvalue weighted by Crippen LogP contribution is -2.37. The third-order valence-electron chi connectivity index (χ3n) is 2.82. The fourth-order valence-corrected chi connectivity index (χ4v) is 1.01. The van der Waals surface area contributed by atoms with Gasteiger partial charge in [0.2, 0.25) is 0 Å². The molecule has 0 saturated carbocycles. The molecule has 0 bridgehead atoms. The molecule has 0 rings (SSSR count). The summed E-state index contributed by atoms with van der Waals surface area (Å²) < 4.78 is 4.93. The topological polar surface area (TPSA) is 107 Å². The van der Waals surface area contributed by atoms with Gasteiger partial charge in [-0.05, 0) is 20.3 Å². The molecule has 0 saturated heterocycles. The van der Waals surface area contributed by atoms with E-state index in [0.29, 0.717) is 0 Å². The van der Waals surface area contributed by atoms with E-state index in [0.717, 1.165) is 0 Å². The van der Waals surface area contributed by atoms with Gasteiger partial charge < -0.3 is 25.2 Å². The predicted molar refractivity (Wildman–Crippen MR) is 60.1 cm³/mol. The molecule has 4 N–H and O–H groups in total. The number of aliphatic hydroxyl groups is 4. The maximum absolute atomic E-state index is 11.5. The Balaban J connectivity index is 4.19. The molecular weight excluding hydrogens is 228 g/mol. The summed E-state index contributed by atoms with van der Waals surface area (Å²) in [6, 6.07) is 0. The molecule has 0 atom stereocenters. The van der Waals surface area contributed by atoms with Crippen LogP contribution in [0.25, 0.3) is 0 Å². The maximum Gasteiger partial charge on any atom is 0.313 e. The first kappa shape index (κ1) is 16.3. The van der Waals surface area contributed by atoms with Gasteiger partial charge in [0.15, 0.2) is 0 Å². The van der Waals surface area contributed by atoms with Crippen LogP contribution in [0.5, 0.6) is 0 Å². The van der Waals surface area contributed by atoms with Gasteiger partial charge in [0.05, 0.1) is 38.4 Å². The highest BCUT2D eigenvalue weighted by atomic mass is 16.5. The van der Waals surface area contributed by atoms with Gasteiger partial charge in [-0.15, -0.1) is 0 Å². The lowest BCUT2D eigenvalue weighted by Gasteiger charge is -2.27. The van der Waals surface area contributed by atoms with E-state index >= 15 is 0 Å². The standard InChI is InChI=1S/C11H22O6/c1-10(2,5-12)9(16)17-4-3-11(6-13,7-14)8-15/h12-15H,3-8H2,1-2H3. The first-order chi connectivity index (χ1) is 7.87. The monoisotopic (exact) mass is 250 g/mol. The minimum absolute atomic E-state index is 0.0239. The average molecular weight is 250 g/mol. The molecule has 0 aromatic heterocycles. The Morgan fingerprint density at radius 3 is 1.82 bits per heavy atom. The van der Waals surface area contributed by atoms with E-state index in [4.69, 9.17) is 25.2 Å². The molecule has 0 aliphatic heterocycles. The van der Waals surface area contributed by atoms with Crippen LogP contribution in [0.15, 0.2) is 0 Å². The predicted octanol–water partition coefficient (Wildman–Crippen LogP) is -1.10. The molecular formula is C11H22O6. The van der Waals surface area contributed by atoms with E-state index in [-0.39, 0.29) is 39.5 Å². The maximum atomic E-state index is 11.5. The zero-order valence-electron chi connectivity index (χ0n) is 10.3. The fraction of sp³-hybridized carbons (Fsp3) is 0.909. The van der Waals surface area contributed by atoms with E-state index < -0.39 is 16.8 Å². The molecule has 6 heteroatoms. The average Bonchev–Trinajstić information content (AvgIpc) is 2.35. The third kappa shape index (κ3) is 4.59. The van der Waals surface area contributed by atoms with Crippen molar-refractivity contribution in [3.05, 3.63) is 0 Å². The van der Waals surface area contributed by atoms with Gasteiger partial charge in [-0.3, -0.25) is 4.79 Å². The number of esters is 1. The molecule has 6 nitrogen and oxygen atoms in total.